The highest BCUT2D eigenvalue weighted by Gasteiger charge is 2.57. The Morgan fingerprint density at radius 1 is 0.983 bits per heavy atom. The van der Waals surface area contributed by atoms with E-state index in [2.05, 4.69) is 31.4 Å². The van der Waals surface area contributed by atoms with Gasteiger partial charge in [-0.05, 0) is 92.9 Å². The van der Waals surface area contributed by atoms with E-state index in [1.165, 1.54) is 6.42 Å². The number of carbonyl (C=O) groups excluding carboxylic acids is 3. The number of methoxy groups -OCH3 is 1. The zero-order valence-electron chi connectivity index (χ0n) is 36.3. The largest absolute Gasteiger partial charge is 0.496 e. The number of aliphatic hydroxyl groups excluding tert-OH is 2. The van der Waals surface area contributed by atoms with Gasteiger partial charge in [-0.3, -0.25) is 19.2 Å². The van der Waals surface area contributed by atoms with Crippen molar-refractivity contribution in [3.05, 3.63) is 77.9 Å². The third-order valence-corrected chi connectivity index (χ3v) is 13.3. The normalized spacial score (nSPS) is 25.7. The second kappa shape index (κ2) is 18.0. The van der Waals surface area contributed by atoms with Crippen molar-refractivity contribution in [2.75, 3.05) is 65.3 Å². The van der Waals surface area contributed by atoms with Gasteiger partial charge in [-0.15, -0.1) is 0 Å². The number of hydroxylamine groups is 2. The quantitative estimate of drug-likeness (QED) is 0.174. The zero-order chi connectivity index (χ0) is 42.9. The number of benzene rings is 3. The number of hydrogen-bond acceptors (Lipinski definition) is 10. The maximum Gasteiger partial charge on any atom is 0.252 e. The molecule has 320 valence electrons. The molecule has 0 unspecified atom stereocenters. The maximum atomic E-state index is 14.3. The number of carbonyl (C=O) groups is 3. The van der Waals surface area contributed by atoms with Gasteiger partial charge in [0, 0.05) is 67.7 Å². The molecule has 3 amide bonds. The molecule has 1 saturated heterocycles. The molecule has 13 heteroatoms. The van der Waals surface area contributed by atoms with Crippen molar-refractivity contribution < 1.29 is 34.2 Å². The molecular weight excluding hydrogens is 749 g/mol. The van der Waals surface area contributed by atoms with Crippen molar-refractivity contribution in [3.8, 4) is 16.9 Å². The first-order valence-electron chi connectivity index (χ1n) is 20.8. The number of ether oxygens (including phenoxy) is 1. The Morgan fingerprint density at radius 3 is 2.29 bits per heavy atom. The Kier molecular flexibility index (Phi) is 13.4. The molecule has 1 aliphatic heterocycles. The van der Waals surface area contributed by atoms with Gasteiger partial charge in [-0.1, -0.05) is 57.2 Å². The summed E-state index contributed by atoms with van der Waals surface area (Å²) < 4.78 is 6.09. The van der Waals surface area contributed by atoms with E-state index in [1.54, 1.807) is 43.2 Å². The highest BCUT2D eigenvalue weighted by molar-refractivity contribution is 6.03. The van der Waals surface area contributed by atoms with Crippen LogP contribution in [-0.2, 0) is 21.0 Å². The fraction of sp³-hybridized carbons (Fsp3) is 0.543. The van der Waals surface area contributed by atoms with Crippen molar-refractivity contribution in [1.82, 2.24) is 20.6 Å². The Morgan fingerprint density at radius 2 is 1.69 bits per heavy atom. The molecule has 0 aromatic heterocycles. The summed E-state index contributed by atoms with van der Waals surface area (Å²) in [5.41, 5.74) is 4.23. The van der Waals surface area contributed by atoms with E-state index in [0.717, 1.165) is 17.8 Å². The predicted octanol–water partition coefficient (Wildman–Crippen LogP) is 4.41. The summed E-state index contributed by atoms with van der Waals surface area (Å²) in [7, 11) is 10.8. The fourth-order valence-corrected chi connectivity index (χ4v) is 9.79. The summed E-state index contributed by atoms with van der Waals surface area (Å²) in [4.78, 5) is 53.8. The monoisotopic (exact) mass is 812 g/mol. The Bertz CT molecular complexity index is 1970. The van der Waals surface area contributed by atoms with E-state index in [1.807, 2.05) is 92.6 Å². The summed E-state index contributed by atoms with van der Waals surface area (Å²) in [6.45, 7) is 8.56. The Labute approximate surface area is 349 Å². The van der Waals surface area contributed by atoms with E-state index in [-0.39, 0.29) is 36.4 Å². The smallest absolute Gasteiger partial charge is 0.252 e. The maximum absolute atomic E-state index is 14.3. The fourth-order valence-electron chi connectivity index (χ4n) is 9.79. The molecule has 3 aromatic rings. The van der Waals surface area contributed by atoms with E-state index in [4.69, 9.17) is 9.57 Å². The Hall–Kier alpha value is -4.53. The number of para-hydroxylation sites is 2. The molecule has 3 aromatic carbocycles. The zero-order valence-corrected chi connectivity index (χ0v) is 36.3. The van der Waals surface area contributed by atoms with Gasteiger partial charge in [0.1, 0.15) is 23.9 Å². The van der Waals surface area contributed by atoms with Crippen molar-refractivity contribution in [2.24, 2.45) is 29.1 Å². The molecule has 13 nitrogen and oxygen atoms in total. The van der Waals surface area contributed by atoms with Crippen LogP contribution >= 0.6 is 0 Å². The van der Waals surface area contributed by atoms with Crippen LogP contribution in [0.4, 0.5) is 11.4 Å². The lowest BCUT2D eigenvalue weighted by atomic mass is 9.45. The van der Waals surface area contributed by atoms with Gasteiger partial charge in [-0.2, -0.15) is 5.06 Å². The minimum atomic E-state index is -0.929. The molecule has 1 heterocycles. The van der Waals surface area contributed by atoms with Crippen molar-refractivity contribution in [1.29, 1.82) is 0 Å². The molecule has 3 aliphatic carbocycles. The minimum absolute atomic E-state index is 0.0123. The molecule has 4 aliphatic rings. The van der Waals surface area contributed by atoms with Crippen LogP contribution in [0.25, 0.3) is 11.1 Å². The average Bonchev–Trinajstić information content (AvgIpc) is 3.59. The number of hydrogen-bond donors (Lipinski definition) is 4. The minimum Gasteiger partial charge on any atom is -0.496 e. The summed E-state index contributed by atoms with van der Waals surface area (Å²) in [5.74, 6) is 0.364. The van der Waals surface area contributed by atoms with Crippen LogP contribution in [0.5, 0.6) is 5.75 Å². The lowest BCUT2D eigenvalue weighted by Gasteiger charge is -2.62. The summed E-state index contributed by atoms with van der Waals surface area (Å²) >= 11 is 0. The number of anilines is 2. The summed E-state index contributed by atoms with van der Waals surface area (Å²) in [5, 5.41) is 29.3. The third-order valence-electron chi connectivity index (χ3n) is 13.3. The number of nitrogens with one attached hydrogen (secondary N) is 2. The van der Waals surface area contributed by atoms with E-state index >= 15 is 0 Å². The van der Waals surface area contributed by atoms with Gasteiger partial charge in [0.25, 0.3) is 11.8 Å². The van der Waals surface area contributed by atoms with Gasteiger partial charge in [0.15, 0.2) is 0 Å². The molecule has 4 fully saturated rings. The molecular formula is C46H64N6O7. The number of likely N-dealkylation sites (N-methyl/N-ethyl adjacent to an activating group) is 2. The van der Waals surface area contributed by atoms with Crippen LogP contribution in [0.3, 0.4) is 0 Å². The van der Waals surface area contributed by atoms with E-state index in [0.29, 0.717) is 52.3 Å². The molecule has 3 saturated carbocycles. The summed E-state index contributed by atoms with van der Waals surface area (Å²) in [6, 6.07) is 18.9. The first-order chi connectivity index (χ1) is 28.0. The summed E-state index contributed by atoms with van der Waals surface area (Å²) in [6.07, 6.45) is 0.378. The van der Waals surface area contributed by atoms with E-state index in [9.17, 15) is 24.6 Å². The molecule has 2 bridgehead atoms. The Balaban J connectivity index is 1.29. The van der Waals surface area contributed by atoms with Crippen LogP contribution in [0.15, 0.2) is 66.7 Å². The third kappa shape index (κ3) is 9.00. The lowest BCUT2D eigenvalue weighted by molar-refractivity contribution is -0.183. The molecule has 7 rings (SSSR count). The van der Waals surface area contributed by atoms with Gasteiger partial charge in [0.2, 0.25) is 5.91 Å². The number of rotatable bonds is 15. The van der Waals surface area contributed by atoms with Gasteiger partial charge >= 0.3 is 0 Å². The second-order valence-corrected chi connectivity index (χ2v) is 17.9. The molecule has 0 radical (unpaired) electrons. The number of amides is 3. The van der Waals surface area contributed by atoms with Gasteiger partial charge in [0.05, 0.1) is 26.4 Å². The lowest BCUT2D eigenvalue weighted by Crippen LogP contribution is -2.62. The SMILES string of the molecule is COc1c(CN2O[C@@H](CO)[C@H]([C@H](C)O)[C@H]2C(=O)N[C@H]2C[C@H]3C[C@@H]([C@@H]2C)C3(C)C)cccc1-c1cc(C(=O)N[C@H](CN(C)C)C(=O)N(C)c2ccccc2)cc(N(C)C)c1. The van der Waals surface area contributed by atoms with Crippen LogP contribution < -0.4 is 25.2 Å². The highest BCUT2D eigenvalue weighted by atomic mass is 16.7. The second-order valence-electron chi connectivity index (χ2n) is 17.9. The topological polar surface area (TPSA) is 147 Å². The van der Waals surface area contributed by atoms with Crippen molar-refractivity contribution in [2.45, 2.75) is 77.4 Å². The van der Waals surface area contributed by atoms with Gasteiger partial charge < -0.3 is 40.3 Å². The number of fused-ring (bicyclic) bond motifs is 2. The standard InChI is InChI=1S/C46H64N6O7/c1-27-36-22-32(46(36,3)4)23-37(27)47-44(56)41-40(28(2)54)39(26-53)59-52(41)24-29-15-14-18-35(42(29)58-10)30-19-31(21-34(20-30)50(7)8)43(55)48-38(25-49(5)6)45(57)51(9)33-16-12-11-13-17-33/h11-21,27-28,32,36-41,53-54H,22-26H2,1-10H3,(H,47,56)(H,48,55)/t27-,28-,32+,36-,37-,38+,39-,40-,41-/m0/s1. The number of aliphatic hydroxyl groups is 2. The van der Waals surface area contributed by atoms with Crippen molar-refractivity contribution in [3.63, 3.8) is 0 Å². The molecule has 4 N–H and O–H groups in total. The number of nitrogens with zero attached hydrogens (tertiary/aromatic N) is 4. The van der Waals surface area contributed by atoms with E-state index < -0.39 is 36.1 Å². The van der Waals surface area contributed by atoms with Gasteiger partial charge in [-0.25, -0.2) is 0 Å². The highest BCUT2D eigenvalue weighted by Crippen LogP contribution is 2.61. The first kappa shape index (κ1) is 44.0. The molecule has 9 atom stereocenters. The van der Waals surface area contributed by atoms with Crippen LogP contribution in [0.1, 0.15) is 56.5 Å². The molecule has 59 heavy (non-hydrogen) atoms. The first-order valence-corrected chi connectivity index (χ1v) is 20.8. The predicted molar refractivity (Wildman–Crippen MR) is 230 cm³/mol. The average molecular weight is 813 g/mol. The van der Waals surface area contributed by atoms with Crippen LogP contribution in [-0.4, -0.2) is 124 Å². The van der Waals surface area contributed by atoms with Crippen LogP contribution in [0, 0.1) is 29.1 Å². The van der Waals surface area contributed by atoms with Crippen LogP contribution in [0.2, 0.25) is 0 Å². The molecule has 0 spiro atoms. The van der Waals surface area contributed by atoms with Crippen molar-refractivity contribution >= 4 is 29.1 Å².